The van der Waals surface area contributed by atoms with Crippen LogP contribution >= 0.6 is 0 Å². The van der Waals surface area contributed by atoms with Gasteiger partial charge >= 0.3 is 0 Å². The Balaban J connectivity index is 1.26. The first-order valence-electron chi connectivity index (χ1n) is 11.2. The van der Waals surface area contributed by atoms with Gasteiger partial charge in [-0.25, -0.2) is 18.2 Å². The summed E-state index contributed by atoms with van der Waals surface area (Å²) in [7, 11) is -3.96. The minimum Gasteiger partial charge on any atom is -0.268 e. The first kappa shape index (κ1) is 22.6. The molecule has 0 radical (unpaired) electrons. The largest absolute Gasteiger partial charge is 0.268 e. The van der Waals surface area contributed by atoms with Crippen molar-refractivity contribution in [3.05, 3.63) is 119 Å². The molecule has 0 saturated carbocycles. The van der Waals surface area contributed by atoms with Gasteiger partial charge in [-0.3, -0.25) is 19.2 Å². The van der Waals surface area contributed by atoms with Crippen LogP contribution in [0.15, 0.2) is 107 Å². The van der Waals surface area contributed by atoms with Crippen molar-refractivity contribution in [2.45, 2.75) is 9.79 Å². The van der Waals surface area contributed by atoms with E-state index in [4.69, 9.17) is 0 Å². The van der Waals surface area contributed by atoms with Crippen molar-refractivity contribution in [1.29, 1.82) is 0 Å². The van der Waals surface area contributed by atoms with Crippen LogP contribution < -0.4 is 9.80 Å². The summed E-state index contributed by atoms with van der Waals surface area (Å²) in [5.74, 6) is -1.89. The Kier molecular flexibility index (Phi) is 4.92. The summed E-state index contributed by atoms with van der Waals surface area (Å²) in [4.78, 5) is 52.8. The topological polar surface area (TPSA) is 109 Å². The third-order valence-electron chi connectivity index (χ3n) is 6.40. The number of benzene rings is 4. The maximum absolute atomic E-state index is 13.2. The Morgan fingerprint density at radius 2 is 0.676 bits per heavy atom. The number of amides is 4. The van der Waals surface area contributed by atoms with Gasteiger partial charge in [-0.15, -0.1) is 0 Å². The van der Waals surface area contributed by atoms with Crippen LogP contribution in [0.3, 0.4) is 0 Å². The lowest BCUT2D eigenvalue weighted by molar-refractivity contribution is 0.0910. The van der Waals surface area contributed by atoms with Crippen molar-refractivity contribution in [2.24, 2.45) is 0 Å². The van der Waals surface area contributed by atoms with Gasteiger partial charge in [0.25, 0.3) is 23.6 Å². The first-order chi connectivity index (χ1) is 17.8. The zero-order valence-electron chi connectivity index (χ0n) is 19.0. The van der Waals surface area contributed by atoms with E-state index in [2.05, 4.69) is 0 Å². The summed E-state index contributed by atoms with van der Waals surface area (Å²) < 4.78 is 26.4. The highest BCUT2D eigenvalue weighted by Crippen LogP contribution is 2.32. The Labute approximate surface area is 211 Å². The second-order valence-electron chi connectivity index (χ2n) is 8.47. The molecular weight excluding hydrogens is 492 g/mol. The quantitative estimate of drug-likeness (QED) is 0.384. The standard InChI is InChI=1S/C28H16N2O6S/c31-25-21-5-1-2-6-22(21)26(32)29(25)17-9-13-19(14-10-17)37(35,36)20-15-11-18(12-16-20)30-27(33)23-7-3-4-8-24(23)28(30)34/h1-16H. The van der Waals surface area contributed by atoms with E-state index in [1.165, 1.54) is 48.5 Å². The molecule has 0 N–H and O–H groups in total. The van der Waals surface area contributed by atoms with E-state index in [-0.39, 0.29) is 21.2 Å². The minimum absolute atomic E-state index is 0.0404. The molecular formula is C28H16N2O6S. The lowest BCUT2D eigenvalue weighted by Gasteiger charge is -2.15. The zero-order valence-corrected chi connectivity index (χ0v) is 19.8. The molecule has 6 rings (SSSR count). The molecule has 2 aliphatic rings. The second-order valence-corrected chi connectivity index (χ2v) is 10.4. The van der Waals surface area contributed by atoms with Crippen molar-refractivity contribution in [3.63, 3.8) is 0 Å². The van der Waals surface area contributed by atoms with E-state index in [1.54, 1.807) is 48.5 Å². The van der Waals surface area contributed by atoms with Crippen LogP contribution in [-0.2, 0) is 9.84 Å². The highest BCUT2D eigenvalue weighted by molar-refractivity contribution is 7.91. The third kappa shape index (κ3) is 3.32. The molecule has 9 heteroatoms. The van der Waals surface area contributed by atoms with Gasteiger partial charge in [0.15, 0.2) is 0 Å². The van der Waals surface area contributed by atoms with Crippen LogP contribution in [0.2, 0.25) is 0 Å². The predicted octanol–water partition coefficient (Wildman–Crippen LogP) is 4.12. The highest BCUT2D eigenvalue weighted by atomic mass is 32.2. The predicted molar refractivity (Wildman–Crippen MR) is 133 cm³/mol. The van der Waals surface area contributed by atoms with E-state index < -0.39 is 33.5 Å². The fourth-order valence-electron chi connectivity index (χ4n) is 4.53. The normalized spacial score (nSPS) is 14.8. The van der Waals surface area contributed by atoms with Crippen LogP contribution in [0.25, 0.3) is 0 Å². The van der Waals surface area contributed by atoms with Crippen molar-refractivity contribution in [3.8, 4) is 0 Å². The molecule has 0 saturated heterocycles. The molecule has 8 nitrogen and oxygen atoms in total. The van der Waals surface area contributed by atoms with Gasteiger partial charge in [0.2, 0.25) is 9.84 Å². The summed E-state index contributed by atoms with van der Waals surface area (Å²) in [6.07, 6.45) is 0. The van der Waals surface area contributed by atoms with E-state index in [1.807, 2.05) is 0 Å². The number of imide groups is 2. The van der Waals surface area contributed by atoms with Gasteiger partial charge in [0.05, 0.1) is 43.4 Å². The van der Waals surface area contributed by atoms with Crippen LogP contribution in [0.1, 0.15) is 41.4 Å². The number of carbonyl (C=O) groups is 4. The van der Waals surface area contributed by atoms with E-state index in [0.29, 0.717) is 22.3 Å². The van der Waals surface area contributed by atoms with Crippen LogP contribution in [0, 0.1) is 0 Å². The molecule has 0 unspecified atom stereocenters. The smallest absolute Gasteiger partial charge is 0.266 e. The Morgan fingerprint density at radius 3 is 0.946 bits per heavy atom. The number of nitrogens with zero attached hydrogens (tertiary/aromatic N) is 2. The maximum Gasteiger partial charge on any atom is 0.266 e. The molecule has 4 amide bonds. The number of hydrogen-bond donors (Lipinski definition) is 0. The maximum atomic E-state index is 13.2. The fourth-order valence-corrected chi connectivity index (χ4v) is 5.79. The lowest BCUT2D eigenvalue weighted by atomic mass is 10.1. The monoisotopic (exact) mass is 508 g/mol. The first-order valence-corrected chi connectivity index (χ1v) is 12.7. The molecule has 4 aromatic carbocycles. The van der Waals surface area contributed by atoms with Gasteiger partial charge in [-0.1, -0.05) is 24.3 Å². The number of rotatable bonds is 4. The van der Waals surface area contributed by atoms with Crippen molar-refractivity contribution >= 4 is 44.8 Å². The lowest BCUT2D eigenvalue weighted by Crippen LogP contribution is -2.29. The van der Waals surface area contributed by atoms with Crippen molar-refractivity contribution in [2.75, 3.05) is 9.80 Å². The number of hydrogen-bond acceptors (Lipinski definition) is 6. The summed E-state index contributed by atoms with van der Waals surface area (Å²) in [6, 6.07) is 23.9. The number of fused-ring (bicyclic) bond motifs is 2. The Bertz CT molecular complexity index is 1560. The number of anilines is 2. The van der Waals surface area contributed by atoms with Crippen LogP contribution in [0.4, 0.5) is 11.4 Å². The van der Waals surface area contributed by atoms with Gasteiger partial charge < -0.3 is 0 Å². The molecule has 0 atom stereocenters. The molecule has 37 heavy (non-hydrogen) atoms. The molecule has 2 aliphatic heterocycles. The van der Waals surface area contributed by atoms with Gasteiger partial charge in [0.1, 0.15) is 0 Å². The number of sulfone groups is 1. The van der Waals surface area contributed by atoms with Crippen molar-refractivity contribution in [1.82, 2.24) is 0 Å². The van der Waals surface area contributed by atoms with Crippen LogP contribution in [0.5, 0.6) is 0 Å². The molecule has 0 aromatic heterocycles. The average Bonchev–Trinajstić information content (AvgIpc) is 3.33. The summed E-state index contributed by atoms with van der Waals surface area (Å²) in [6.45, 7) is 0. The summed E-state index contributed by atoms with van der Waals surface area (Å²) in [5.41, 5.74) is 1.69. The third-order valence-corrected chi connectivity index (χ3v) is 8.18. The second kappa shape index (κ2) is 8.07. The molecule has 0 aliphatic carbocycles. The van der Waals surface area contributed by atoms with E-state index in [0.717, 1.165) is 9.80 Å². The molecule has 0 fully saturated rings. The Hall–Kier alpha value is -4.89. The fraction of sp³-hybridized carbons (Fsp3) is 0. The van der Waals surface area contributed by atoms with Gasteiger partial charge in [-0.2, -0.15) is 0 Å². The SMILES string of the molecule is O=C1c2ccccc2C(=O)N1c1ccc(S(=O)(=O)c2ccc(N3C(=O)c4ccccc4C3=O)cc2)cc1. The van der Waals surface area contributed by atoms with Gasteiger partial charge in [0, 0.05) is 0 Å². The van der Waals surface area contributed by atoms with Crippen LogP contribution in [-0.4, -0.2) is 32.0 Å². The molecule has 2 heterocycles. The summed E-state index contributed by atoms with van der Waals surface area (Å²) in [5, 5.41) is 0. The highest BCUT2D eigenvalue weighted by Gasteiger charge is 2.37. The molecule has 0 bridgehead atoms. The van der Waals surface area contributed by atoms with E-state index in [9.17, 15) is 27.6 Å². The van der Waals surface area contributed by atoms with Gasteiger partial charge in [-0.05, 0) is 72.8 Å². The molecule has 0 spiro atoms. The number of carbonyl (C=O) groups excluding carboxylic acids is 4. The van der Waals surface area contributed by atoms with E-state index >= 15 is 0 Å². The minimum atomic E-state index is -3.96. The molecule has 4 aromatic rings. The molecule has 180 valence electrons. The van der Waals surface area contributed by atoms with Crippen molar-refractivity contribution < 1.29 is 27.6 Å². The zero-order chi connectivity index (χ0) is 25.9. The summed E-state index contributed by atoms with van der Waals surface area (Å²) >= 11 is 0. The Morgan fingerprint density at radius 1 is 0.405 bits per heavy atom. The average molecular weight is 509 g/mol.